The molecule has 0 fully saturated rings. The van der Waals surface area contributed by atoms with Gasteiger partial charge in [-0.1, -0.05) is 38.8 Å². The molecule has 106 valence electrons. The number of nitrogens with one attached hydrogen (secondary N) is 1. The number of hydrogen-bond donors (Lipinski definition) is 1. The highest BCUT2D eigenvalue weighted by Gasteiger charge is 2.17. The summed E-state index contributed by atoms with van der Waals surface area (Å²) in [7, 11) is 0. The Morgan fingerprint density at radius 1 is 1.10 bits per heavy atom. The molecule has 1 aromatic carbocycles. The quantitative estimate of drug-likeness (QED) is 0.638. The fourth-order valence-electron chi connectivity index (χ4n) is 2.02. The van der Waals surface area contributed by atoms with Gasteiger partial charge in [-0.05, 0) is 64.3 Å². The lowest BCUT2D eigenvalue weighted by molar-refractivity contribution is 0.595. The summed E-state index contributed by atoms with van der Waals surface area (Å²) in [6.07, 6.45) is 4.80. The Bertz CT molecular complexity index is 587. The van der Waals surface area contributed by atoms with Crippen LogP contribution in [-0.2, 0) is 0 Å². The number of halogens is 3. The van der Waals surface area contributed by atoms with E-state index >= 15 is 0 Å². The number of nitrogens with zero attached hydrogens (tertiary/aromatic N) is 1. The molecule has 1 N–H and O–H groups in total. The second kappa shape index (κ2) is 7.69. The fraction of sp³-hybridized carbons (Fsp3) is 0.267. The van der Waals surface area contributed by atoms with Crippen LogP contribution < -0.4 is 5.32 Å². The largest absolute Gasteiger partial charge is 0.306 e. The van der Waals surface area contributed by atoms with Crippen LogP contribution in [0.1, 0.15) is 30.5 Å². The Labute approximate surface area is 144 Å². The van der Waals surface area contributed by atoms with Crippen molar-refractivity contribution < 1.29 is 0 Å². The van der Waals surface area contributed by atoms with Gasteiger partial charge >= 0.3 is 0 Å². The van der Waals surface area contributed by atoms with Gasteiger partial charge in [-0.3, -0.25) is 4.98 Å². The number of pyridine rings is 1. The van der Waals surface area contributed by atoms with E-state index in [1.165, 1.54) is 5.56 Å². The smallest absolute Gasteiger partial charge is 0.0603 e. The van der Waals surface area contributed by atoms with Crippen molar-refractivity contribution in [1.29, 1.82) is 0 Å². The van der Waals surface area contributed by atoms with Gasteiger partial charge in [0, 0.05) is 25.8 Å². The van der Waals surface area contributed by atoms with E-state index in [9.17, 15) is 0 Å². The lowest BCUT2D eigenvalue weighted by atomic mass is 10.00. The topological polar surface area (TPSA) is 24.9 Å². The summed E-state index contributed by atoms with van der Waals surface area (Å²) < 4.78 is 3.15. The minimum atomic E-state index is 0.117. The Morgan fingerprint density at radius 3 is 2.60 bits per heavy atom. The number of hydrogen-bond acceptors (Lipinski definition) is 2. The molecule has 0 aliphatic carbocycles. The monoisotopic (exact) mass is 460 g/mol. The molecule has 0 radical (unpaired) electrons. The van der Waals surface area contributed by atoms with E-state index in [0.29, 0.717) is 0 Å². The first-order chi connectivity index (χ1) is 9.61. The third-order valence-electron chi connectivity index (χ3n) is 2.93. The van der Waals surface area contributed by atoms with Crippen LogP contribution in [0.2, 0.25) is 0 Å². The van der Waals surface area contributed by atoms with Crippen LogP contribution in [-0.4, -0.2) is 11.5 Å². The summed E-state index contributed by atoms with van der Waals surface area (Å²) in [4.78, 5) is 4.28. The Kier molecular flexibility index (Phi) is 6.20. The molecule has 1 unspecified atom stereocenters. The van der Waals surface area contributed by atoms with Crippen LogP contribution in [0.5, 0.6) is 0 Å². The van der Waals surface area contributed by atoms with Crippen molar-refractivity contribution in [2.75, 3.05) is 6.54 Å². The van der Waals surface area contributed by atoms with Gasteiger partial charge in [0.1, 0.15) is 0 Å². The van der Waals surface area contributed by atoms with Gasteiger partial charge in [0.2, 0.25) is 0 Å². The summed E-state index contributed by atoms with van der Waals surface area (Å²) in [6, 6.07) is 8.45. The zero-order chi connectivity index (χ0) is 14.5. The van der Waals surface area contributed by atoms with Crippen molar-refractivity contribution >= 4 is 47.8 Å². The number of aromatic nitrogens is 1. The molecule has 1 atom stereocenters. The van der Waals surface area contributed by atoms with E-state index in [2.05, 4.69) is 83.2 Å². The molecule has 2 aromatic rings. The number of rotatable bonds is 5. The Morgan fingerprint density at radius 2 is 1.90 bits per heavy atom. The molecule has 1 aromatic heterocycles. The lowest BCUT2D eigenvalue weighted by Crippen LogP contribution is -2.23. The van der Waals surface area contributed by atoms with Crippen molar-refractivity contribution in [3.05, 3.63) is 61.2 Å². The van der Waals surface area contributed by atoms with E-state index < -0.39 is 0 Å². The molecule has 20 heavy (non-hydrogen) atoms. The van der Waals surface area contributed by atoms with Gasteiger partial charge in [0.25, 0.3) is 0 Å². The molecule has 2 rings (SSSR count). The van der Waals surface area contributed by atoms with E-state index in [1.807, 2.05) is 12.3 Å². The third-order valence-corrected chi connectivity index (χ3v) is 4.58. The van der Waals surface area contributed by atoms with Gasteiger partial charge in [0.05, 0.1) is 6.04 Å². The van der Waals surface area contributed by atoms with Gasteiger partial charge in [0.15, 0.2) is 0 Å². The second-order valence-corrected chi connectivity index (χ2v) is 7.18. The maximum atomic E-state index is 4.28. The molecule has 0 spiro atoms. The van der Waals surface area contributed by atoms with Crippen LogP contribution in [0, 0.1) is 0 Å². The van der Waals surface area contributed by atoms with Crippen LogP contribution in [0.4, 0.5) is 0 Å². The molecule has 0 aliphatic rings. The Balaban J connectivity index is 2.44. The SMILES string of the molecule is CCCNC(c1cncc(Br)c1)c1cc(Br)ccc1Br. The van der Waals surface area contributed by atoms with Gasteiger partial charge in [-0.2, -0.15) is 0 Å². The first-order valence-electron chi connectivity index (χ1n) is 6.40. The third kappa shape index (κ3) is 4.13. The van der Waals surface area contributed by atoms with Gasteiger partial charge in [-0.15, -0.1) is 0 Å². The summed E-state index contributed by atoms with van der Waals surface area (Å²) in [6.45, 7) is 3.12. The van der Waals surface area contributed by atoms with E-state index in [1.54, 1.807) is 6.20 Å². The van der Waals surface area contributed by atoms with E-state index in [-0.39, 0.29) is 6.04 Å². The highest BCUT2D eigenvalue weighted by molar-refractivity contribution is 9.11. The van der Waals surface area contributed by atoms with Crippen LogP contribution in [0.15, 0.2) is 50.1 Å². The van der Waals surface area contributed by atoms with Crippen molar-refractivity contribution in [3.63, 3.8) is 0 Å². The molecule has 0 saturated carbocycles. The Hall–Kier alpha value is -0.230. The van der Waals surface area contributed by atoms with Crippen molar-refractivity contribution in [1.82, 2.24) is 10.3 Å². The standard InChI is InChI=1S/C15H15Br3N2/c1-2-5-20-15(10-6-12(17)9-19-8-10)13-7-11(16)3-4-14(13)18/h3-4,6-9,15,20H,2,5H2,1H3. The van der Waals surface area contributed by atoms with Crippen LogP contribution in [0.3, 0.4) is 0 Å². The number of benzene rings is 1. The summed E-state index contributed by atoms with van der Waals surface area (Å²) in [5.41, 5.74) is 2.35. The average molecular weight is 463 g/mol. The first-order valence-corrected chi connectivity index (χ1v) is 8.78. The minimum Gasteiger partial charge on any atom is -0.306 e. The normalized spacial score (nSPS) is 12.4. The van der Waals surface area contributed by atoms with Crippen molar-refractivity contribution in [2.45, 2.75) is 19.4 Å². The molecular formula is C15H15Br3N2. The predicted molar refractivity (Wildman–Crippen MR) is 93.9 cm³/mol. The van der Waals surface area contributed by atoms with Gasteiger partial charge < -0.3 is 5.32 Å². The highest BCUT2D eigenvalue weighted by atomic mass is 79.9. The zero-order valence-corrected chi connectivity index (χ0v) is 15.8. The maximum Gasteiger partial charge on any atom is 0.0603 e. The van der Waals surface area contributed by atoms with E-state index in [4.69, 9.17) is 0 Å². The molecule has 5 heteroatoms. The first kappa shape index (κ1) is 16.1. The van der Waals surface area contributed by atoms with Crippen LogP contribution >= 0.6 is 47.8 Å². The second-order valence-electron chi connectivity index (χ2n) is 4.49. The summed E-state index contributed by atoms with van der Waals surface area (Å²) >= 11 is 10.7. The molecule has 0 aliphatic heterocycles. The zero-order valence-electron chi connectivity index (χ0n) is 11.0. The van der Waals surface area contributed by atoms with Gasteiger partial charge in [-0.25, -0.2) is 0 Å². The minimum absolute atomic E-state index is 0.117. The highest BCUT2D eigenvalue weighted by Crippen LogP contribution is 2.31. The molecule has 0 saturated heterocycles. The average Bonchev–Trinajstić information content (AvgIpc) is 2.43. The summed E-state index contributed by atoms with van der Waals surface area (Å²) in [5.74, 6) is 0. The molecule has 2 nitrogen and oxygen atoms in total. The van der Waals surface area contributed by atoms with E-state index in [0.717, 1.165) is 31.9 Å². The molecule has 0 amide bonds. The maximum absolute atomic E-state index is 4.28. The molecule has 0 bridgehead atoms. The van der Waals surface area contributed by atoms with Crippen LogP contribution in [0.25, 0.3) is 0 Å². The summed E-state index contributed by atoms with van der Waals surface area (Å²) in [5, 5.41) is 3.59. The molecule has 1 heterocycles. The fourth-order valence-corrected chi connectivity index (χ4v) is 3.25. The predicted octanol–water partition coefficient (Wildman–Crippen LogP) is 5.46. The lowest BCUT2D eigenvalue weighted by Gasteiger charge is -2.21. The van der Waals surface area contributed by atoms with Crippen molar-refractivity contribution in [3.8, 4) is 0 Å². The van der Waals surface area contributed by atoms with Crippen molar-refractivity contribution in [2.24, 2.45) is 0 Å². The molecular weight excluding hydrogens is 448 g/mol.